The van der Waals surface area contributed by atoms with E-state index in [2.05, 4.69) is 10.4 Å². The van der Waals surface area contributed by atoms with Crippen LogP contribution in [0, 0.1) is 0 Å². The molecule has 0 saturated heterocycles. The van der Waals surface area contributed by atoms with Crippen LogP contribution in [0.5, 0.6) is 0 Å². The van der Waals surface area contributed by atoms with Gasteiger partial charge in [0.1, 0.15) is 0 Å². The molecule has 2 aromatic rings. The molecule has 0 amide bonds. The summed E-state index contributed by atoms with van der Waals surface area (Å²) < 4.78 is 39.8. The zero-order valence-corrected chi connectivity index (χ0v) is 12.3. The van der Waals surface area contributed by atoms with E-state index in [-0.39, 0.29) is 16.8 Å². The van der Waals surface area contributed by atoms with Gasteiger partial charge in [0.15, 0.2) is 0 Å². The molecular weight excluding hydrogens is 303 g/mol. The molecule has 0 saturated carbocycles. The van der Waals surface area contributed by atoms with Crippen LogP contribution in [0.15, 0.2) is 30.5 Å². The summed E-state index contributed by atoms with van der Waals surface area (Å²) in [5.74, 6) is 0. The number of alkyl halides is 3. The molecule has 0 fully saturated rings. The highest BCUT2D eigenvalue weighted by Gasteiger charge is 2.30. The van der Waals surface area contributed by atoms with Gasteiger partial charge in [-0.15, -0.1) is 0 Å². The van der Waals surface area contributed by atoms with E-state index in [0.717, 1.165) is 17.8 Å². The molecule has 1 heterocycles. The first kappa shape index (κ1) is 15.7. The van der Waals surface area contributed by atoms with Crippen LogP contribution in [-0.2, 0) is 12.7 Å². The van der Waals surface area contributed by atoms with Crippen molar-refractivity contribution in [3.8, 4) is 0 Å². The molecule has 0 spiro atoms. The normalized spacial score (nSPS) is 12.0. The molecular formula is C14H15ClF3N3. The molecule has 0 bridgehead atoms. The number of nitrogens with zero attached hydrogens (tertiary/aromatic N) is 2. The number of hydrogen-bond acceptors (Lipinski definition) is 2. The topological polar surface area (TPSA) is 29.9 Å². The summed E-state index contributed by atoms with van der Waals surface area (Å²) in [6.45, 7) is 4.29. The van der Waals surface area contributed by atoms with Crippen molar-refractivity contribution in [3.63, 3.8) is 0 Å². The number of halogens is 4. The summed E-state index contributed by atoms with van der Waals surface area (Å²) in [5, 5.41) is 7.44. The summed E-state index contributed by atoms with van der Waals surface area (Å²) >= 11 is 5.91. The predicted octanol–water partition coefficient (Wildman–Crippen LogP) is 4.75. The highest BCUT2D eigenvalue weighted by atomic mass is 35.5. The lowest BCUT2D eigenvalue weighted by Gasteiger charge is -2.11. The van der Waals surface area contributed by atoms with Crippen LogP contribution >= 0.6 is 11.6 Å². The molecule has 1 aromatic heterocycles. The van der Waals surface area contributed by atoms with Crippen LogP contribution in [0.25, 0.3) is 0 Å². The Bertz CT molecular complexity index is 620. The fourth-order valence-corrected chi connectivity index (χ4v) is 1.97. The van der Waals surface area contributed by atoms with E-state index >= 15 is 0 Å². The number of nitrogens with one attached hydrogen (secondary N) is 1. The third kappa shape index (κ3) is 3.91. The van der Waals surface area contributed by atoms with Gasteiger partial charge in [0.2, 0.25) is 0 Å². The van der Waals surface area contributed by atoms with Gasteiger partial charge in [-0.05, 0) is 38.1 Å². The number of benzene rings is 1. The Labute approximate surface area is 125 Å². The Hall–Kier alpha value is -1.69. The van der Waals surface area contributed by atoms with E-state index < -0.39 is 11.7 Å². The maximum Gasteiger partial charge on any atom is 0.416 e. The molecule has 0 unspecified atom stereocenters. The third-order valence-electron chi connectivity index (χ3n) is 2.95. The van der Waals surface area contributed by atoms with Gasteiger partial charge in [0, 0.05) is 12.2 Å². The van der Waals surface area contributed by atoms with E-state index in [1.807, 2.05) is 26.1 Å². The fraction of sp³-hybridized carbons (Fsp3) is 0.357. The average Bonchev–Trinajstić information content (AvgIpc) is 2.85. The van der Waals surface area contributed by atoms with Crippen LogP contribution in [0.4, 0.5) is 18.9 Å². The molecule has 1 N–H and O–H groups in total. The number of hydrogen-bond donors (Lipinski definition) is 1. The number of rotatable bonds is 4. The second-order valence-corrected chi connectivity index (χ2v) is 5.33. The first-order chi connectivity index (χ1) is 9.77. The SMILES string of the molecule is CC(C)n1ccc(CNc2cc(C(F)(F)F)ccc2Cl)n1. The highest BCUT2D eigenvalue weighted by Crippen LogP contribution is 2.33. The van der Waals surface area contributed by atoms with Crippen molar-refractivity contribution >= 4 is 17.3 Å². The molecule has 2 rings (SSSR count). The Kier molecular flexibility index (Phi) is 4.46. The van der Waals surface area contributed by atoms with Crippen LogP contribution in [0.3, 0.4) is 0 Å². The molecule has 7 heteroatoms. The first-order valence-corrected chi connectivity index (χ1v) is 6.80. The lowest BCUT2D eigenvalue weighted by atomic mass is 10.2. The maximum absolute atomic E-state index is 12.7. The number of anilines is 1. The van der Waals surface area contributed by atoms with Gasteiger partial charge in [-0.2, -0.15) is 18.3 Å². The third-order valence-corrected chi connectivity index (χ3v) is 3.28. The van der Waals surface area contributed by atoms with Gasteiger partial charge >= 0.3 is 6.18 Å². The molecule has 0 aliphatic rings. The van der Waals surface area contributed by atoms with Crippen molar-refractivity contribution in [1.82, 2.24) is 9.78 Å². The minimum Gasteiger partial charge on any atom is -0.378 e. The summed E-state index contributed by atoms with van der Waals surface area (Å²) in [6, 6.07) is 5.24. The van der Waals surface area contributed by atoms with Crippen molar-refractivity contribution in [2.24, 2.45) is 0 Å². The zero-order valence-electron chi connectivity index (χ0n) is 11.6. The molecule has 0 atom stereocenters. The van der Waals surface area contributed by atoms with E-state index in [1.165, 1.54) is 6.07 Å². The van der Waals surface area contributed by atoms with E-state index in [0.29, 0.717) is 6.54 Å². The molecule has 3 nitrogen and oxygen atoms in total. The lowest BCUT2D eigenvalue weighted by molar-refractivity contribution is -0.137. The second kappa shape index (κ2) is 5.97. The molecule has 1 aromatic carbocycles. The van der Waals surface area contributed by atoms with Gasteiger partial charge in [0.05, 0.1) is 28.5 Å². The quantitative estimate of drug-likeness (QED) is 0.882. The van der Waals surface area contributed by atoms with Crippen LogP contribution < -0.4 is 5.32 Å². The van der Waals surface area contributed by atoms with Crippen molar-refractivity contribution < 1.29 is 13.2 Å². The highest BCUT2D eigenvalue weighted by molar-refractivity contribution is 6.33. The lowest BCUT2D eigenvalue weighted by Crippen LogP contribution is -2.08. The van der Waals surface area contributed by atoms with Gasteiger partial charge in [0.25, 0.3) is 0 Å². The second-order valence-electron chi connectivity index (χ2n) is 4.93. The summed E-state index contributed by atoms with van der Waals surface area (Å²) in [7, 11) is 0. The molecule has 114 valence electrons. The largest absolute Gasteiger partial charge is 0.416 e. The van der Waals surface area contributed by atoms with Gasteiger partial charge in [-0.1, -0.05) is 11.6 Å². The van der Waals surface area contributed by atoms with E-state index in [4.69, 9.17) is 11.6 Å². The number of aromatic nitrogens is 2. The van der Waals surface area contributed by atoms with Crippen LogP contribution in [-0.4, -0.2) is 9.78 Å². The standard InChI is InChI=1S/C14H15ClF3N3/c1-9(2)21-6-5-11(20-21)8-19-13-7-10(14(16,17)18)3-4-12(13)15/h3-7,9,19H,8H2,1-2H3. The van der Waals surface area contributed by atoms with Crippen LogP contribution in [0.1, 0.15) is 31.1 Å². The Morgan fingerprint density at radius 1 is 1.29 bits per heavy atom. The van der Waals surface area contributed by atoms with E-state index in [1.54, 1.807) is 4.68 Å². The van der Waals surface area contributed by atoms with E-state index in [9.17, 15) is 13.2 Å². The monoisotopic (exact) mass is 317 g/mol. The minimum absolute atomic E-state index is 0.232. The Morgan fingerprint density at radius 2 is 2.00 bits per heavy atom. The van der Waals surface area contributed by atoms with Gasteiger partial charge in [-0.25, -0.2) is 0 Å². The Morgan fingerprint density at radius 3 is 2.57 bits per heavy atom. The van der Waals surface area contributed by atoms with Crippen molar-refractivity contribution in [2.75, 3.05) is 5.32 Å². The van der Waals surface area contributed by atoms with Crippen LogP contribution in [0.2, 0.25) is 5.02 Å². The van der Waals surface area contributed by atoms with Crippen molar-refractivity contribution in [2.45, 2.75) is 32.6 Å². The zero-order chi connectivity index (χ0) is 15.6. The van der Waals surface area contributed by atoms with Crippen molar-refractivity contribution in [1.29, 1.82) is 0 Å². The van der Waals surface area contributed by atoms with Gasteiger partial charge in [-0.3, -0.25) is 4.68 Å². The summed E-state index contributed by atoms with van der Waals surface area (Å²) in [4.78, 5) is 0. The summed E-state index contributed by atoms with van der Waals surface area (Å²) in [5.41, 5.74) is 0.241. The first-order valence-electron chi connectivity index (χ1n) is 6.42. The predicted molar refractivity (Wildman–Crippen MR) is 76.4 cm³/mol. The molecule has 0 radical (unpaired) electrons. The minimum atomic E-state index is -4.39. The van der Waals surface area contributed by atoms with Crippen molar-refractivity contribution in [3.05, 3.63) is 46.7 Å². The average molecular weight is 318 g/mol. The fourth-order valence-electron chi connectivity index (χ4n) is 1.78. The molecule has 0 aliphatic carbocycles. The maximum atomic E-state index is 12.7. The van der Waals surface area contributed by atoms with Gasteiger partial charge < -0.3 is 5.32 Å². The molecule has 21 heavy (non-hydrogen) atoms. The summed E-state index contributed by atoms with van der Waals surface area (Å²) in [6.07, 6.45) is -2.56. The Balaban J connectivity index is 2.12. The smallest absolute Gasteiger partial charge is 0.378 e. The molecule has 0 aliphatic heterocycles.